The first-order chi connectivity index (χ1) is 30.7. The maximum absolute atomic E-state index is 12.0. The second-order valence-corrected chi connectivity index (χ2v) is 14.8. The molecule has 0 aliphatic carbocycles. The lowest BCUT2D eigenvalue weighted by molar-refractivity contribution is 0.329. The van der Waals surface area contributed by atoms with Gasteiger partial charge in [-0.05, 0) is 42.0 Å². The Hall–Kier alpha value is -9.44. The highest BCUT2D eigenvalue weighted by Gasteiger charge is 2.37. The summed E-state index contributed by atoms with van der Waals surface area (Å²) in [5.74, 6) is -18.0. The zero-order chi connectivity index (χ0) is 45.0. The smallest absolute Gasteiger partial charge is 0.208 e. The number of fused-ring (bicyclic) bond motifs is 6. The largest absolute Gasteiger partial charge is 0.504 e. The fraction of sp³-hybridized carbons (Fsp3) is 0. The number of hydrogen-bond donors (Lipinski definition) is 13. The molecule has 2 heterocycles. The number of nitrogens with zero attached hydrogens (tertiary/aromatic N) is 1. The van der Waals surface area contributed by atoms with Crippen molar-refractivity contribution in [1.82, 2.24) is 0 Å². The van der Waals surface area contributed by atoms with E-state index < -0.39 is 103 Å². The molecule has 8 aromatic carbocycles. The molecule has 0 fully saturated rings. The maximum Gasteiger partial charge on any atom is 0.208 e. The van der Waals surface area contributed by atoms with Crippen LogP contribution in [0.25, 0.3) is 77.3 Å². The van der Waals surface area contributed by atoms with Crippen LogP contribution in [-0.4, -0.2) is 66.4 Å². The summed E-state index contributed by atoms with van der Waals surface area (Å²) in [6, 6.07) is 32.2. The fourth-order valence-electron chi connectivity index (χ4n) is 8.32. The molecule has 10 rings (SSSR count). The highest BCUT2D eigenvalue weighted by atomic mass is 16.4. The van der Waals surface area contributed by atoms with E-state index in [-0.39, 0.29) is 11.4 Å². The number of para-hydroxylation sites is 3. The van der Waals surface area contributed by atoms with Crippen molar-refractivity contribution < 1.29 is 75.2 Å². The van der Waals surface area contributed by atoms with Crippen LogP contribution in [0.2, 0.25) is 0 Å². The van der Waals surface area contributed by atoms with Crippen LogP contribution in [0.3, 0.4) is 0 Å². The molecular formula is C48H31NO15. The van der Waals surface area contributed by atoms with Crippen molar-refractivity contribution in [2.45, 2.75) is 0 Å². The fourth-order valence-corrected chi connectivity index (χ4v) is 8.32. The molecule has 0 saturated heterocycles. The maximum atomic E-state index is 12.0. The average molecular weight is 862 g/mol. The third kappa shape index (κ3) is 5.29. The molecular weight excluding hydrogens is 831 g/mol. The van der Waals surface area contributed by atoms with Gasteiger partial charge in [0.1, 0.15) is 28.0 Å². The number of hydrogen-bond acceptors (Lipinski definition) is 16. The van der Waals surface area contributed by atoms with E-state index in [1.807, 2.05) is 42.5 Å². The topological polar surface area (TPSA) is 293 Å². The Bertz CT molecular complexity index is 3520. The van der Waals surface area contributed by atoms with Crippen LogP contribution in [0.5, 0.6) is 74.7 Å². The van der Waals surface area contributed by atoms with Crippen molar-refractivity contribution in [3.63, 3.8) is 0 Å². The number of aromatic hydroxyl groups is 13. The summed E-state index contributed by atoms with van der Waals surface area (Å²) in [5.41, 5.74) is -1.17. The molecule has 10 aromatic rings. The first-order valence-electron chi connectivity index (χ1n) is 19.1. The monoisotopic (exact) mass is 861 g/mol. The van der Waals surface area contributed by atoms with Gasteiger partial charge in [-0.3, -0.25) is 0 Å². The Morgan fingerprint density at radius 3 is 1.31 bits per heavy atom. The lowest BCUT2D eigenvalue weighted by Crippen LogP contribution is -2.11. The molecule has 64 heavy (non-hydrogen) atoms. The SMILES string of the molecule is Oc1c(O)c(O)c(-c2c(O)c(O)c(-c3c(O)c(O)c(N(c4ccc(-c5cccc6c5oc5ccccc56)cc4)c4cccc5oc6ccccc6c45)c(O)c3O)c(O)c2O)c(O)c1O. The summed E-state index contributed by atoms with van der Waals surface area (Å²) in [5, 5.41) is 146. The summed E-state index contributed by atoms with van der Waals surface area (Å²) in [6.07, 6.45) is 0. The molecule has 2 aromatic heterocycles. The van der Waals surface area contributed by atoms with Crippen molar-refractivity contribution in [2.75, 3.05) is 4.90 Å². The third-order valence-electron chi connectivity index (χ3n) is 11.3. The van der Waals surface area contributed by atoms with Crippen LogP contribution in [0.1, 0.15) is 0 Å². The van der Waals surface area contributed by atoms with Gasteiger partial charge in [0, 0.05) is 27.4 Å². The van der Waals surface area contributed by atoms with Crippen molar-refractivity contribution in [1.29, 1.82) is 0 Å². The molecule has 0 spiro atoms. The van der Waals surface area contributed by atoms with Gasteiger partial charge in [0.05, 0.1) is 33.3 Å². The van der Waals surface area contributed by atoms with Gasteiger partial charge < -0.3 is 80.1 Å². The standard InChI is InChI=1S/C48H31NO15/c50-35-30(36(51)38(53)31(37(35)52)33-41(56)45(60)47(62)46(61)42(33)57)32-39(54)43(58)34(44(59)40(32)55)49(25-11-6-14-28-29(25)24-8-2-4-13-27(24)63-28)20-17-15-19(16-18-20)21-9-5-10-23-22-7-1-3-12-26(22)64-48(21)23/h1-18,50-62H. The van der Waals surface area contributed by atoms with Gasteiger partial charge in [-0.1, -0.05) is 72.8 Å². The van der Waals surface area contributed by atoms with Gasteiger partial charge in [-0.2, -0.15) is 0 Å². The Labute approximate surface area is 357 Å². The Morgan fingerprint density at radius 2 is 0.750 bits per heavy atom. The molecule has 0 aliphatic rings. The number of phenolic OH excluding ortho intramolecular Hbond substituents is 13. The second-order valence-electron chi connectivity index (χ2n) is 14.8. The summed E-state index contributed by atoms with van der Waals surface area (Å²) < 4.78 is 12.4. The molecule has 0 saturated carbocycles. The highest BCUT2D eigenvalue weighted by Crippen LogP contribution is 2.66. The molecule has 0 radical (unpaired) electrons. The molecule has 0 aliphatic heterocycles. The molecule has 13 N–H and O–H groups in total. The van der Waals surface area contributed by atoms with E-state index in [0.29, 0.717) is 38.7 Å². The van der Waals surface area contributed by atoms with Gasteiger partial charge in [-0.15, -0.1) is 0 Å². The molecule has 16 heteroatoms. The zero-order valence-electron chi connectivity index (χ0n) is 32.5. The zero-order valence-corrected chi connectivity index (χ0v) is 32.5. The van der Waals surface area contributed by atoms with E-state index in [2.05, 4.69) is 0 Å². The van der Waals surface area contributed by atoms with Crippen molar-refractivity contribution in [3.05, 3.63) is 109 Å². The summed E-state index contributed by atoms with van der Waals surface area (Å²) in [4.78, 5) is 1.32. The van der Waals surface area contributed by atoms with Gasteiger partial charge in [0.15, 0.2) is 57.5 Å². The minimum atomic E-state index is -1.50. The quantitative estimate of drug-likeness (QED) is 0.0546. The summed E-state index contributed by atoms with van der Waals surface area (Å²) in [6.45, 7) is 0. The second kappa shape index (κ2) is 13.8. The van der Waals surface area contributed by atoms with Crippen molar-refractivity contribution in [2.24, 2.45) is 0 Å². The number of benzene rings is 8. The van der Waals surface area contributed by atoms with E-state index in [1.165, 1.54) is 4.90 Å². The lowest BCUT2D eigenvalue weighted by Gasteiger charge is -2.29. The number of anilines is 3. The van der Waals surface area contributed by atoms with Gasteiger partial charge in [0.25, 0.3) is 0 Å². The van der Waals surface area contributed by atoms with Crippen molar-refractivity contribution >= 4 is 60.9 Å². The van der Waals surface area contributed by atoms with Gasteiger partial charge >= 0.3 is 0 Å². The van der Waals surface area contributed by atoms with E-state index in [1.54, 1.807) is 66.7 Å². The van der Waals surface area contributed by atoms with E-state index in [9.17, 15) is 66.4 Å². The summed E-state index contributed by atoms with van der Waals surface area (Å²) >= 11 is 0. The molecule has 318 valence electrons. The highest BCUT2D eigenvalue weighted by molar-refractivity contribution is 6.15. The predicted octanol–water partition coefficient (Wildman–Crippen LogP) is 10.1. The van der Waals surface area contributed by atoms with Crippen LogP contribution in [0, 0.1) is 0 Å². The lowest BCUT2D eigenvalue weighted by atomic mass is 9.92. The molecule has 0 amide bonds. The predicted molar refractivity (Wildman–Crippen MR) is 234 cm³/mol. The van der Waals surface area contributed by atoms with Crippen molar-refractivity contribution in [3.8, 4) is 108 Å². The van der Waals surface area contributed by atoms with Crippen LogP contribution < -0.4 is 4.90 Å². The molecule has 0 atom stereocenters. The minimum Gasteiger partial charge on any atom is -0.504 e. The first kappa shape index (κ1) is 38.7. The third-order valence-corrected chi connectivity index (χ3v) is 11.3. The molecule has 0 bridgehead atoms. The van der Waals surface area contributed by atoms with Crippen LogP contribution >= 0.6 is 0 Å². The Balaban J connectivity index is 1.19. The van der Waals surface area contributed by atoms with E-state index in [0.717, 1.165) is 16.3 Å². The van der Waals surface area contributed by atoms with Crippen LogP contribution in [-0.2, 0) is 0 Å². The number of rotatable bonds is 6. The number of furan rings is 2. The first-order valence-corrected chi connectivity index (χ1v) is 19.1. The van der Waals surface area contributed by atoms with Crippen LogP contribution in [0.4, 0.5) is 17.1 Å². The van der Waals surface area contributed by atoms with Gasteiger partial charge in [-0.25, -0.2) is 0 Å². The average Bonchev–Trinajstić information content (AvgIpc) is 3.89. The Morgan fingerprint density at radius 1 is 0.328 bits per heavy atom. The Kier molecular flexibility index (Phi) is 8.35. The summed E-state index contributed by atoms with van der Waals surface area (Å²) in [7, 11) is 0. The molecule has 0 unspecified atom stereocenters. The van der Waals surface area contributed by atoms with Gasteiger partial charge in [0.2, 0.25) is 17.2 Å². The minimum absolute atomic E-state index is 0.251. The number of phenols is 13. The molecule has 16 nitrogen and oxygen atoms in total. The van der Waals surface area contributed by atoms with Crippen LogP contribution in [0.15, 0.2) is 118 Å². The van der Waals surface area contributed by atoms with E-state index in [4.69, 9.17) is 8.83 Å². The normalized spacial score (nSPS) is 11.6. The van der Waals surface area contributed by atoms with E-state index >= 15 is 0 Å².